The molecule has 0 atom stereocenters. The summed E-state index contributed by atoms with van der Waals surface area (Å²) in [6, 6.07) is 12.2. The lowest BCUT2D eigenvalue weighted by Gasteiger charge is -2.10. The smallest absolute Gasteiger partial charge is 0.277 e. The zero-order valence-corrected chi connectivity index (χ0v) is 15.9. The fourth-order valence-electron chi connectivity index (χ4n) is 3.87. The molecule has 0 aliphatic carbocycles. The summed E-state index contributed by atoms with van der Waals surface area (Å²) in [5.41, 5.74) is 3.79. The Morgan fingerprint density at radius 3 is 2.67 bits per heavy atom. The van der Waals surface area contributed by atoms with Crippen LogP contribution in [0, 0.1) is 10.1 Å². The highest BCUT2D eigenvalue weighted by Gasteiger charge is 2.33. The molecule has 5 rings (SSSR count). The quantitative estimate of drug-likeness (QED) is 0.264. The second-order valence-corrected chi connectivity index (χ2v) is 6.89. The van der Waals surface area contributed by atoms with Crippen LogP contribution in [0.4, 0.5) is 11.4 Å². The molecule has 1 aliphatic rings. The molecular weight excluding hydrogens is 384 g/mol. The van der Waals surface area contributed by atoms with Crippen LogP contribution < -0.4 is 10.1 Å². The van der Waals surface area contributed by atoms with Crippen LogP contribution in [0.5, 0.6) is 5.75 Å². The summed E-state index contributed by atoms with van der Waals surface area (Å²) in [6.07, 6.45) is 5.17. The number of nitro benzene ring substituents is 1. The van der Waals surface area contributed by atoms with Gasteiger partial charge in [-0.1, -0.05) is 12.1 Å². The minimum absolute atomic E-state index is 0.0690. The number of fused-ring (bicyclic) bond motifs is 2. The number of carbonyl (C=O) groups is 1. The van der Waals surface area contributed by atoms with Crippen molar-refractivity contribution in [3.63, 3.8) is 0 Å². The Kier molecular flexibility index (Phi) is 3.92. The van der Waals surface area contributed by atoms with Crippen molar-refractivity contribution in [2.24, 2.45) is 0 Å². The molecule has 3 N–H and O–H groups in total. The largest absolute Gasteiger partial charge is 0.495 e. The van der Waals surface area contributed by atoms with E-state index in [9.17, 15) is 14.9 Å². The fraction of sp³-hybridized carbons (Fsp3) is 0.0455. The van der Waals surface area contributed by atoms with Gasteiger partial charge < -0.3 is 20.0 Å². The van der Waals surface area contributed by atoms with Crippen molar-refractivity contribution in [1.82, 2.24) is 9.97 Å². The number of ether oxygens (including phenoxy) is 1. The van der Waals surface area contributed by atoms with Crippen molar-refractivity contribution in [3.8, 4) is 16.9 Å². The molecule has 148 valence electrons. The molecule has 1 amide bonds. The van der Waals surface area contributed by atoms with Gasteiger partial charge in [0.05, 0.1) is 34.6 Å². The molecule has 0 fully saturated rings. The van der Waals surface area contributed by atoms with Crippen molar-refractivity contribution in [2.45, 2.75) is 0 Å². The summed E-state index contributed by atoms with van der Waals surface area (Å²) in [5.74, 6) is 0.243. The second-order valence-electron chi connectivity index (χ2n) is 6.89. The third-order valence-corrected chi connectivity index (χ3v) is 5.23. The van der Waals surface area contributed by atoms with E-state index in [0.717, 1.165) is 10.9 Å². The number of aromatic amines is 2. The van der Waals surface area contributed by atoms with Gasteiger partial charge in [-0.05, 0) is 41.3 Å². The Labute approximate surface area is 170 Å². The first-order valence-electron chi connectivity index (χ1n) is 9.20. The average Bonchev–Trinajstić information content (AvgIpc) is 3.45. The number of carbonyl (C=O) groups excluding carboxylic acids is 1. The van der Waals surface area contributed by atoms with Gasteiger partial charge in [0.15, 0.2) is 0 Å². The Bertz CT molecular complexity index is 1360. The van der Waals surface area contributed by atoms with Crippen molar-refractivity contribution < 1.29 is 14.5 Å². The van der Waals surface area contributed by atoms with Gasteiger partial charge in [-0.2, -0.15) is 0 Å². The SMILES string of the molecule is COc1cc[nH]c1/C=C1\C(=O)Nc2ccc([N+](=O)[O-])c(-c3ccc4cc[nH]c4c3)c21. The van der Waals surface area contributed by atoms with Gasteiger partial charge >= 0.3 is 0 Å². The van der Waals surface area contributed by atoms with Gasteiger partial charge in [0.25, 0.3) is 11.6 Å². The lowest BCUT2D eigenvalue weighted by molar-refractivity contribution is -0.384. The third-order valence-electron chi connectivity index (χ3n) is 5.23. The molecule has 2 aromatic carbocycles. The van der Waals surface area contributed by atoms with Gasteiger partial charge in [-0.3, -0.25) is 14.9 Å². The van der Waals surface area contributed by atoms with Crippen molar-refractivity contribution in [1.29, 1.82) is 0 Å². The van der Waals surface area contributed by atoms with E-state index in [4.69, 9.17) is 4.74 Å². The van der Waals surface area contributed by atoms with Gasteiger partial charge in [-0.15, -0.1) is 0 Å². The molecule has 0 saturated carbocycles. The van der Waals surface area contributed by atoms with E-state index < -0.39 is 4.92 Å². The van der Waals surface area contributed by atoms with Gasteiger partial charge in [0.1, 0.15) is 5.75 Å². The molecule has 8 nitrogen and oxygen atoms in total. The van der Waals surface area contributed by atoms with Crippen LogP contribution >= 0.6 is 0 Å². The number of rotatable bonds is 4. The van der Waals surface area contributed by atoms with Gasteiger partial charge in [-0.25, -0.2) is 0 Å². The summed E-state index contributed by atoms with van der Waals surface area (Å²) < 4.78 is 5.32. The predicted molar refractivity (Wildman–Crippen MR) is 114 cm³/mol. The number of methoxy groups -OCH3 is 1. The van der Waals surface area contributed by atoms with E-state index in [0.29, 0.717) is 39.4 Å². The van der Waals surface area contributed by atoms with Crippen molar-refractivity contribution >= 4 is 39.8 Å². The summed E-state index contributed by atoms with van der Waals surface area (Å²) in [5, 5.41) is 15.7. The Balaban J connectivity index is 1.80. The zero-order valence-electron chi connectivity index (χ0n) is 15.9. The van der Waals surface area contributed by atoms with Gasteiger partial charge in [0, 0.05) is 29.5 Å². The number of nitrogens with zero attached hydrogens (tertiary/aromatic N) is 1. The van der Waals surface area contributed by atoms with Crippen LogP contribution in [0.15, 0.2) is 54.9 Å². The summed E-state index contributed by atoms with van der Waals surface area (Å²) in [7, 11) is 1.54. The molecule has 0 bridgehead atoms. The fourth-order valence-corrected chi connectivity index (χ4v) is 3.87. The highest BCUT2D eigenvalue weighted by atomic mass is 16.6. The minimum atomic E-state index is -0.426. The number of anilines is 1. The monoisotopic (exact) mass is 400 g/mol. The van der Waals surface area contributed by atoms with E-state index in [1.807, 2.05) is 30.5 Å². The maximum Gasteiger partial charge on any atom is 0.277 e. The zero-order chi connectivity index (χ0) is 20.8. The van der Waals surface area contributed by atoms with E-state index in [1.165, 1.54) is 13.2 Å². The first-order valence-corrected chi connectivity index (χ1v) is 9.20. The molecule has 30 heavy (non-hydrogen) atoms. The molecule has 8 heteroatoms. The van der Waals surface area contributed by atoms with Gasteiger partial charge in [0.2, 0.25) is 0 Å². The van der Waals surface area contributed by atoms with E-state index in [2.05, 4.69) is 15.3 Å². The van der Waals surface area contributed by atoms with E-state index in [-0.39, 0.29) is 11.6 Å². The standard InChI is InChI=1S/C22H16N4O4/c1-30-19-7-9-24-17(19)11-14-21-15(25-22(14)27)4-5-18(26(28)29)20(21)13-3-2-12-6-8-23-16(12)10-13/h2-11,23-24H,1H3,(H,25,27)/b14-11-. The van der Waals surface area contributed by atoms with Crippen LogP contribution in [-0.2, 0) is 4.79 Å². The molecule has 0 saturated heterocycles. The van der Waals surface area contributed by atoms with Crippen LogP contribution in [-0.4, -0.2) is 27.9 Å². The first-order chi connectivity index (χ1) is 14.6. The molecular formula is C22H16N4O4. The molecule has 4 aromatic rings. The maximum atomic E-state index is 12.8. The number of hydrogen-bond acceptors (Lipinski definition) is 4. The van der Waals surface area contributed by atoms with Crippen molar-refractivity contribution in [3.05, 3.63) is 76.2 Å². The number of amides is 1. The van der Waals surface area contributed by atoms with Crippen LogP contribution in [0.3, 0.4) is 0 Å². The minimum Gasteiger partial charge on any atom is -0.495 e. The normalized spacial score (nSPS) is 14.2. The topological polar surface area (TPSA) is 113 Å². The summed E-state index contributed by atoms with van der Waals surface area (Å²) in [6.45, 7) is 0. The Hall–Kier alpha value is -4.33. The predicted octanol–water partition coefficient (Wildman–Crippen LogP) is 4.57. The number of benzene rings is 2. The Morgan fingerprint density at radius 2 is 1.87 bits per heavy atom. The molecule has 0 unspecified atom stereocenters. The number of H-pyrrole nitrogens is 2. The summed E-state index contributed by atoms with van der Waals surface area (Å²) >= 11 is 0. The second kappa shape index (κ2) is 6.63. The van der Waals surface area contributed by atoms with E-state index in [1.54, 1.807) is 24.4 Å². The highest BCUT2D eigenvalue weighted by molar-refractivity contribution is 6.36. The van der Waals surface area contributed by atoms with Crippen LogP contribution in [0.1, 0.15) is 11.3 Å². The number of nitrogens with one attached hydrogen (secondary N) is 3. The lowest BCUT2D eigenvalue weighted by atomic mass is 9.92. The number of hydrogen-bond donors (Lipinski definition) is 3. The first kappa shape index (κ1) is 17.7. The lowest BCUT2D eigenvalue weighted by Crippen LogP contribution is -2.03. The maximum absolute atomic E-state index is 12.8. The molecule has 0 spiro atoms. The van der Waals surface area contributed by atoms with Crippen LogP contribution in [0.25, 0.3) is 33.7 Å². The summed E-state index contributed by atoms with van der Waals surface area (Å²) in [4.78, 5) is 30.4. The van der Waals surface area contributed by atoms with Crippen LogP contribution in [0.2, 0.25) is 0 Å². The van der Waals surface area contributed by atoms with Crippen molar-refractivity contribution in [2.75, 3.05) is 12.4 Å². The number of nitro groups is 1. The molecule has 1 aliphatic heterocycles. The number of aromatic nitrogens is 2. The average molecular weight is 400 g/mol. The molecule has 2 aromatic heterocycles. The highest BCUT2D eigenvalue weighted by Crippen LogP contribution is 2.45. The molecule has 3 heterocycles. The third kappa shape index (κ3) is 2.66. The Morgan fingerprint density at radius 1 is 1.03 bits per heavy atom. The molecule has 0 radical (unpaired) electrons. The van der Waals surface area contributed by atoms with E-state index >= 15 is 0 Å².